The van der Waals surface area contributed by atoms with Gasteiger partial charge in [0.25, 0.3) is 0 Å². The fraction of sp³-hybridized carbons (Fsp3) is 0.667. The van der Waals surface area contributed by atoms with E-state index in [-0.39, 0.29) is 42.4 Å². The van der Waals surface area contributed by atoms with Crippen LogP contribution in [0.25, 0.3) is 0 Å². The van der Waals surface area contributed by atoms with E-state index in [1.807, 2.05) is 39.8 Å². The van der Waals surface area contributed by atoms with Crippen LogP contribution in [-0.4, -0.2) is 81.9 Å². The van der Waals surface area contributed by atoms with Crippen LogP contribution in [-0.2, 0) is 21.3 Å². The summed E-state index contributed by atoms with van der Waals surface area (Å²) in [4.78, 5) is 6.89. The zero-order valence-electron chi connectivity index (χ0n) is 19.3. The lowest BCUT2D eigenvalue weighted by Crippen LogP contribution is -2.54. The van der Waals surface area contributed by atoms with Crippen molar-refractivity contribution >= 4 is 40.0 Å². The monoisotopic (exact) mass is 568 g/mol. The first kappa shape index (κ1) is 27.9. The highest BCUT2D eigenvalue weighted by Crippen LogP contribution is 2.17. The second kappa shape index (κ2) is 13.4. The van der Waals surface area contributed by atoms with Gasteiger partial charge in [-0.05, 0) is 51.0 Å². The number of benzene rings is 1. The number of piperazine rings is 1. The number of halogens is 1. The lowest BCUT2D eigenvalue weighted by molar-refractivity contribution is 0.0904. The van der Waals surface area contributed by atoms with E-state index in [1.54, 1.807) is 11.4 Å². The molecule has 178 valence electrons. The van der Waals surface area contributed by atoms with Gasteiger partial charge in [0, 0.05) is 32.7 Å². The molecule has 1 aromatic carbocycles. The zero-order chi connectivity index (χ0) is 22.1. The fourth-order valence-corrected chi connectivity index (χ4v) is 4.61. The number of nitrogens with one attached hydrogen (secondary N) is 1. The Morgan fingerprint density at radius 1 is 1.19 bits per heavy atom. The normalized spacial score (nSPS) is 15.7. The molecule has 0 unspecified atom stereocenters. The van der Waals surface area contributed by atoms with E-state index in [1.165, 1.54) is 0 Å². The van der Waals surface area contributed by atoms with Crippen molar-refractivity contribution in [2.75, 3.05) is 52.2 Å². The predicted molar refractivity (Wildman–Crippen MR) is 136 cm³/mol. The van der Waals surface area contributed by atoms with Crippen molar-refractivity contribution in [2.45, 2.75) is 40.3 Å². The highest BCUT2D eigenvalue weighted by Gasteiger charge is 2.28. The molecular weight excluding hydrogens is 531 g/mol. The summed E-state index contributed by atoms with van der Waals surface area (Å²) < 4.78 is 37.4. The Bertz CT molecular complexity index is 810. The minimum Gasteiger partial charge on any atom is -0.497 e. The molecule has 10 heteroatoms. The molecule has 0 bridgehead atoms. The van der Waals surface area contributed by atoms with Crippen LogP contribution in [0.15, 0.2) is 23.2 Å². The number of aryl methyl sites for hydroxylation is 1. The molecule has 0 aromatic heterocycles. The Morgan fingerprint density at radius 2 is 1.87 bits per heavy atom. The van der Waals surface area contributed by atoms with Gasteiger partial charge in [-0.3, -0.25) is 0 Å². The summed E-state index contributed by atoms with van der Waals surface area (Å²) in [6.45, 7) is 11.5. The molecule has 2 rings (SSSR count). The van der Waals surface area contributed by atoms with Crippen molar-refractivity contribution < 1.29 is 17.9 Å². The standard InChI is InChI=1S/C21H36N4O4S.HI/c1-6-22-21(23-16-19-13-18(4)14-20(15-19)28-5)24-7-9-25(10-8-24)30(26,27)12-11-29-17(2)3;/h13-15,17H,6-12,16H2,1-5H3,(H,22,23);1H. The maximum absolute atomic E-state index is 12.5. The van der Waals surface area contributed by atoms with Gasteiger partial charge >= 0.3 is 0 Å². The Balaban J connectivity index is 0.00000480. The van der Waals surface area contributed by atoms with Crippen LogP contribution in [0.5, 0.6) is 5.75 Å². The molecule has 1 aliphatic rings. The molecule has 0 aliphatic carbocycles. The number of nitrogens with zero attached hydrogens (tertiary/aromatic N) is 3. The Morgan fingerprint density at radius 3 is 2.45 bits per heavy atom. The molecule has 8 nitrogen and oxygen atoms in total. The number of rotatable bonds is 9. The van der Waals surface area contributed by atoms with E-state index in [9.17, 15) is 8.42 Å². The lowest BCUT2D eigenvalue weighted by Gasteiger charge is -2.36. The Hall–Kier alpha value is -1.11. The lowest BCUT2D eigenvalue weighted by atomic mass is 10.1. The third-order valence-corrected chi connectivity index (χ3v) is 6.65. The largest absolute Gasteiger partial charge is 0.497 e. The number of ether oxygens (including phenoxy) is 2. The average molecular weight is 569 g/mol. The molecule has 1 aliphatic heterocycles. The molecule has 31 heavy (non-hydrogen) atoms. The minimum atomic E-state index is -3.30. The highest BCUT2D eigenvalue weighted by molar-refractivity contribution is 14.0. The molecule has 0 saturated carbocycles. The van der Waals surface area contributed by atoms with Crippen LogP contribution in [0.4, 0.5) is 0 Å². The van der Waals surface area contributed by atoms with Gasteiger partial charge in [-0.15, -0.1) is 24.0 Å². The molecule has 0 spiro atoms. The van der Waals surface area contributed by atoms with Crippen LogP contribution in [0.2, 0.25) is 0 Å². The number of aliphatic imine (C=N–C) groups is 1. The van der Waals surface area contributed by atoms with Crippen molar-refractivity contribution in [2.24, 2.45) is 4.99 Å². The zero-order valence-corrected chi connectivity index (χ0v) is 22.4. The highest BCUT2D eigenvalue weighted by atomic mass is 127. The number of sulfonamides is 1. The first-order chi connectivity index (χ1) is 14.2. The maximum atomic E-state index is 12.5. The first-order valence-corrected chi connectivity index (χ1v) is 12.1. The number of hydrogen-bond donors (Lipinski definition) is 1. The van der Waals surface area contributed by atoms with Gasteiger partial charge in [0.15, 0.2) is 5.96 Å². The second-order valence-corrected chi connectivity index (χ2v) is 9.74. The fourth-order valence-electron chi connectivity index (χ4n) is 3.32. The van der Waals surface area contributed by atoms with Crippen LogP contribution in [0, 0.1) is 6.92 Å². The molecule has 1 fully saturated rings. The topological polar surface area (TPSA) is 83.5 Å². The molecule has 1 aromatic rings. The average Bonchev–Trinajstić information content (AvgIpc) is 2.70. The summed E-state index contributed by atoms with van der Waals surface area (Å²) in [7, 11) is -1.64. The van der Waals surface area contributed by atoms with Gasteiger partial charge in [-0.1, -0.05) is 6.07 Å². The van der Waals surface area contributed by atoms with E-state index in [4.69, 9.17) is 14.5 Å². The van der Waals surface area contributed by atoms with E-state index in [0.717, 1.165) is 29.4 Å². The van der Waals surface area contributed by atoms with Gasteiger partial charge in [0.1, 0.15) is 5.75 Å². The van der Waals surface area contributed by atoms with Crippen molar-refractivity contribution in [3.63, 3.8) is 0 Å². The molecule has 0 atom stereocenters. The van der Waals surface area contributed by atoms with Gasteiger partial charge in [0.05, 0.1) is 32.1 Å². The Labute approximate surface area is 204 Å². The summed E-state index contributed by atoms with van der Waals surface area (Å²) in [5, 5.41) is 3.32. The summed E-state index contributed by atoms with van der Waals surface area (Å²) in [6, 6.07) is 6.08. The van der Waals surface area contributed by atoms with E-state index >= 15 is 0 Å². The molecule has 1 heterocycles. The maximum Gasteiger partial charge on any atom is 0.216 e. The molecule has 0 amide bonds. The summed E-state index contributed by atoms with van der Waals surface area (Å²) in [5.74, 6) is 1.65. The number of guanidine groups is 1. The van der Waals surface area contributed by atoms with E-state index in [0.29, 0.717) is 32.7 Å². The third kappa shape index (κ3) is 9.11. The molecule has 0 radical (unpaired) electrons. The van der Waals surface area contributed by atoms with Gasteiger partial charge in [-0.25, -0.2) is 13.4 Å². The van der Waals surface area contributed by atoms with Crippen molar-refractivity contribution in [3.05, 3.63) is 29.3 Å². The smallest absolute Gasteiger partial charge is 0.216 e. The van der Waals surface area contributed by atoms with Gasteiger partial charge < -0.3 is 19.7 Å². The summed E-state index contributed by atoms with van der Waals surface area (Å²) >= 11 is 0. The van der Waals surface area contributed by atoms with Gasteiger partial charge in [0.2, 0.25) is 10.0 Å². The Kier molecular flexibility index (Phi) is 12.1. The molecule has 1 saturated heterocycles. The van der Waals surface area contributed by atoms with Crippen LogP contribution >= 0.6 is 24.0 Å². The SMILES string of the molecule is CCNC(=NCc1cc(C)cc(OC)c1)N1CCN(S(=O)(=O)CCOC(C)C)CC1.I. The number of hydrogen-bond acceptors (Lipinski definition) is 5. The third-order valence-electron chi connectivity index (χ3n) is 4.82. The van der Waals surface area contributed by atoms with Crippen molar-refractivity contribution in [3.8, 4) is 5.75 Å². The van der Waals surface area contributed by atoms with Crippen molar-refractivity contribution in [1.29, 1.82) is 0 Å². The second-order valence-electron chi connectivity index (χ2n) is 7.65. The van der Waals surface area contributed by atoms with Gasteiger partial charge in [-0.2, -0.15) is 4.31 Å². The molecule has 1 N–H and O–H groups in total. The molecular formula is C21H37IN4O4S. The minimum absolute atomic E-state index is 0. The van der Waals surface area contributed by atoms with Crippen LogP contribution in [0.1, 0.15) is 31.9 Å². The van der Waals surface area contributed by atoms with E-state index in [2.05, 4.69) is 16.3 Å². The summed E-state index contributed by atoms with van der Waals surface area (Å²) in [6.07, 6.45) is 0.0318. The first-order valence-electron chi connectivity index (χ1n) is 10.5. The summed E-state index contributed by atoms with van der Waals surface area (Å²) in [5.41, 5.74) is 2.21. The van der Waals surface area contributed by atoms with E-state index < -0.39 is 10.0 Å². The predicted octanol–water partition coefficient (Wildman–Crippen LogP) is 2.46. The quantitative estimate of drug-likeness (QED) is 0.280. The van der Waals surface area contributed by atoms with Crippen LogP contribution < -0.4 is 10.1 Å². The van der Waals surface area contributed by atoms with Crippen LogP contribution in [0.3, 0.4) is 0 Å². The van der Waals surface area contributed by atoms with Crippen molar-refractivity contribution in [1.82, 2.24) is 14.5 Å². The number of methoxy groups -OCH3 is 1.